The molecule has 0 aromatic heterocycles. The summed E-state index contributed by atoms with van der Waals surface area (Å²) in [7, 11) is 0. The van der Waals surface area contributed by atoms with Crippen molar-refractivity contribution >= 4 is 11.8 Å². The molecule has 1 rings (SSSR count). The lowest BCUT2D eigenvalue weighted by Crippen LogP contribution is -2.25. The first-order valence-electron chi connectivity index (χ1n) is 7.74. The Morgan fingerprint density at radius 1 is 1.20 bits per heavy atom. The summed E-state index contributed by atoms with van der Waals surface area (Å²) in [6.07, 6.45) is 0. The predicted octanol–water partition coefficient (Wildman–Crippen LogP) is 3.93. The van der Waals surface area contributed by atoms with Crippen molar-refractivity contribution in [2.24, 2.45) is 0 Å². The second-order valence-corrected chi connectivity index (χ2v) is 6.65. The Kier molecular flexibility index (Phi) is 8.27. The molecule has 0 aliphatic carbocycles. The van der Waals surface area contributed by atoms with E-state index < -0.39 is 0 Å². The summed E-state index contributed by atoms with van der Waals surface area (Å²) in [5.41, 5.74) is 2.78. The Balaban J connectivity index is 2.47. The smallest absolute Gasteiger partial charge is 0.0207 e. The largest absolute Gasteiger partial charge is 0.310 e. The molecule has 0 saturated carbocycles. The molecule has 0 bridgehead atoms. The predicted molar refractivity (Wildman–Crippen MR) is 91.7 cm³/mol. The van der Waals surface area contributed by atoms with Crippen LogP contribution in [0, 0.1) is 6.92 Å². The number of hydrogen-bond acceptors (Lipinski definition) is 3. The summed E-state index contributed by atoms with van der Waals surface area (Å²) < 4.78 is 0. The third-order valence-electron chi connectivity index (χ3n) is 3.51. The quantitative estimate of drug-likeness (QED) is 0.695. The van der Waals surface area contributed by atoms with Gasteiger partial charge < -0.3 is 10.2 Å². The van der Waals surface area contributed by atoms with Gasteiger partial charge in [0.2, 0.25) is 0 Å². The molecule has 0 heterocycles. The molecule has 0 saturated heterocycles. The molecule has 3 heteroatoms. The normalized spacial score (nSPS) is 11.6. The fraction of sp³-hybridized carbons (Fsp3) is 0.647. The number of aryl methyl sites for hydroxylation is 1. The van der Waals surface area contributed by atoms with Gasteiger partial charge in [-0.25, -0.2) is 0 Å². The molecule has 1 aromatic carbocycles. The maximum Gasteiger partial charge on any atom is 0.0207 e. The van der Waals surface area contributed by atoms with Gasteiger partial charge in [-0.1, -0.05) is 39.8 Å². The van der Waals surface area contributed by atoms with Gasteiger partial charge in [0.15, 0.2) is 0 Å². The molecule has 1 N–H and O–H groups in total. The van der Waals surface area contributed by atoms with Crippen LogP contribution in [0.3, 0.4) is 0 Å². The van der Waals surface area contributed by atoms with Crippen molar-refractivity contribution in [3.63, 3.8) is 0 Å². The van der Waals surface area contributed by atoms with Crippen molar-refractivity contribution in [2.75, 3.05) is 25.4 Å². The van der Waals surface area contributed by atoms with Crippen molar-refractivity contribution in [2.45, 2.75) is 52.1 Å². The second kappa shape index (κ2) is 9.43. The average Bonchev–Trinajstić information content (AvgIpc) is 2.43. The molecule has 2 nitrogen and oxygen atoms in total. The van der Waals surface area contributed by atoms with E-state index in [-0.39, 0.29) is 0 Å². The average molecular weight is 295 g/mol. The molecule has 0 unspecified atom stereocenters. The summed E-state index contributed by atoms with van der Waals surface area (Å²) in [6.45, 7) is 15.5. The molecule has 0 aliphatic heterocycles. The van der Waals surface area contributed by atoms with Crippen LogP contribution in [0.15, 0.2) is 23.1 Å². The van der Waals surface area contributed by atoms with Gasteiger partial charge in [0.25, 0.3) is 0 Å². The zero-order valence-electron chi connectivity index (χ0n) is 13.7. The van der Waals surface area contributed by atoms with Crippen LogP contribution in [0.4, 0.5) is 0 Å². The van der Waals surface area contributed by atoms with Crippen molar-refractivity contribution in [3.8, 4) is 0 Å². The Morgan fingerprint density at radius 3 is 2.45 bits per heavy atom. The molecular weight excluding hydrogens is 264 g/mol. The van der Waals surface area contributed by atoms with Gasteiger partial charge in [0.1, 0.15) is 0 Å². The lowest BCUT2D eigenvalue weighted by molar-refractivity contribution is 0.324. The first kappa shape index (κ1) is 17.5. The van der Waals surface area contributed by atoms with E-state index in [4.69, 9.17) is 0 Å². The number of rotatable bonds is 9. The third-order valence-corrected chi connectivity index (χ3v) is 4.67. The monoisotopic (exact) mass is 294 g/mol. The van der Waals surface area contributed by atoms with Crippen LogP contribution in [0.25, 0.3) is 0 Å². The van der Waals surface area contributed by atoms with Crippen LogP contribution in [0.5, 0.6) is 0 Å². The van der Waals surface area contributed by atoms with Crippen LogP contribution in [0.1, 0.15) is 38.8 Å². The fourth-order valence-corrected chi connectivity index (χ4v) is 3.15. The molecule has 0 atom stereocenters. The Hall–Kier alpha value is -0.510. The molecule has 0 radical (unpaired) electrons. The van der Waals surface area contributed by atoms with Gasteiger partial charge in [0.05, 0.1) is 0 Å². The maximum absolute atomic E-state index is 3.47. The van der Waals surface area contributed by atoms with Crippen LogP contribution < -0.4 is 5.32 Å². The highest BCUT2D eigenvalue weighted by Crippen LogP contribution is 2.23. The third kappa shape index (κ3) is 6.29. The van der Waals surface area contributed by atoms with E-state index in [1.165, 1.54) is 28.3 Å². The summed E-state index contributed by atoms with van der Waals surface area (Å²) in [6, 6.07) is 7.38. The maximum atomic E-state index is 3.47. The fourth-order valence-electron chi connectivity index (χ4n) is 2.13. The molecule has 0 amide bonds. The van der Waals surface area contributed by atoms with E-state index in [0.717, 1.165) is 19.6 Å². The minimum atomic E-state index is 0.540. The Bertz CT molecular complexity index is 387. The van der Waals surface area contributed by atoms with E-state index in [1.807, 2.05) is 11.8 Å². The SMILES string of the molecule is CCN(CC)CCSc1ccc(CNC(C)C)cc1C. The van der Waals surface area contributed by atoms with Crippen LogP contribution in [0.2, 0.25) is 0 Å². The topological polar surface area (TPSA) is 15.3 Å². The zero-order valence-corrected chi connectivity index (χ0v) is 14.5. The number of thioether (sulfide) groups is 1. The van der Waals surface area contributed by atoms with Crippen molar-refractivity contribution < 1.29 is 0 Å². The van der Waals surface area contributed by atoms with E-state index in [0.29, 0.717) is 6.04 Å². The Labute approximate surface area is 129 Å². The number of benzene rings is 1. The number of hydrogen-bond donors (Lipinski definition) is 1. The van der Waals surface area contributed by atoms with E-state index >= 15 is 0 Å². The summed E-state index contributed by atoms with van der Waals surface area (Å²) in [5.74, 6) is 1.17. The Morgan fingerprint density at radius 2 is 1.90 bits per heavy atom. The summed E-state index contributed by atoms with van der Waals surface area (Å²) >= 11 is 1.98. The number of nitrogens with zero attached hydrogens (tertiary/aromatic N) is 1. The molecule has 0 fully saturated rings. The van der Waals surface area contributed by atoms with Gasteiger partial charge in [0, 0.05) is 29.8 Å². The standard InChI is InChI=1S/C17H30N2S/c1-6-19(7-2)10-11-20-17-9-8-16(12-15(17)5)13-18-14(3)4/h8-9,12,14,18H,6-7,10-11,13H2,1-5H3. The van der Waals surface area contributed by atoms with Gasteiger partial charge in [-0.2, -0.15) is 0 Å². The first-order chi connectivity index (χ1) is 9.56. The minimum Gasteiger partial charge on any atom is -0.310 e. The van der Waals surface area contributed by atoms with Crippen molar-refractivity contribution in [1.82, 2.24) is 10.2 Å². The van der Waals surface area contributed by atoms with Gasteiger partial charge in [-0.05, 0) is 37.2 Å². The van der Waals surface area contributed by atoms with E-state index in [2.05, 4.69) is 63.0 Å². The molecule has 0 spiro atoms. The molecule has 20 heavy (non-hydrogen) atoms. The van der Waals surface area contributed by atoms with Crippen LogP contribution in [-0.2, 0) is 6.54 Å². The van der Waals surface area contributed by atoms with E-state index in [1.54, 1.807) is 0 Å². The van der Waals surface area contributed by atoms with Crippen LogP contribution in [-0.4, -0.2) is 36.3 Å². The van der Waals surface area contributed by atoms with Crippen molar-refractivity contribution in [3.05, 3.63) is 29.3 Å². The second-order valence-electron chi connectivity index (χ2n) is 5.51. The molecule has 1 aromatic rings. The summed E-state index contributed by atoms with van der Waals surface area (Å²) in [5, 5.41) is 3.47. The minimum absolute atomic E-state index is 0.540. The van der Waals surface area contributed by atoms with Gasteiger partial charge in [-0.3, -0.25) is 0 Å². The van der Waals surface area contributed by atoms with Crippen LogP contribution >= 0.6 is 11.8 Å². The highest BCUT2D eigenvalue weighted by atomic mass is 32.2. The van der Waals surface area contributed by atoms with Gasteiger partial charge >= 0.3 is 0 Å². The number of nitrogens with one attached hydrogen (secondary N) is 1. The highest BCUT2D eigenvalue weighted by molar-refractivity contribution is 7.99. The van der Waals surface area contributed by atoms with Crippen molar-refractivity contribution in [1.29, 1.82) is 0 Å². The van der Waals surface area contributed by atoms with E-state index in [9.17, 15) is 0 Å². The first-order valence-corrected chi connectivity index (χ1v) is 8.73. The lowest BCUT2D eigenvalue weighted by atomic mass is 10.1. The van der Waals surface area contributed by atoms with Gasteiger partial charge in [-0.15, -0.1) is 11.8 Å². The highest BCUT2D eigenvalue weighted by Gasteiger charge is 2.04. The molecular formula is C17H30N2S. The zero-order chi connectivity index (χ0) is 15.0. The molecule has 114 valence electrons. The summed E-state index contributed by atoms with van der Waals surface area (Å²) in [4.78, 5) is 3.90. The lowest BCUT2D eigenvalue weighted by Gasteiger charge is -2.17. The molecule has 0 aliphatic rings.